The SMILES string of the molecule is CCn1c(N2CCN(C)c3ccccc32)n[nH]c1=S. The van der Waals surface area contributed by atoms with Gasteiger partial charge in [0.25, 0.3) is 0 Å². The number of benzene rings is 1. The molecule has 0 saturated carbocycles. The molecule has 0 spiro atoms. The van der Waals surface area contributed by atoms with Crippen LogP contribution in [0.3, 0.4) is 0 Å². The zero-order chi connectivity index (χ0) is 13.4. The van der Waals surface area contributed by atoms with Gasteiger partial charge in [-0.2, -0.15) is 0 Å². The Kier molecular flexibility index (Phi) is 3.02. The van der Waals surface area contributed by atoms with Crippen molar-refractivity contribution in [3.05, 3.63) is 29.0 Å². The fourth-order valence-corrected chi connectivity index (χ4v) is 2.77. The molecule has 1 aromatic heterocycles. The highest BCUT2D eigenvalue weighted by molar-refractivity contribution is 7.71. The van der Waals surface area contributed by atoms with Crippen molar-refractivity contribution in [3.63, 3.8) is 0 Å². The van der Waals surface area contributed by atoms with Gasteiger partial charge in [-0.25, -0.2) is 5.10 Å². The van der Waals surface area contributed by atoms with E-state index in [0.29, 0.717) is 4.77 Å². The summed E-state index contributed by atoms with van der Waals surface area (Å²) in [5, 5.41) is 7.28. The molecule has 2 heterocycles. The van der Waals surface area contributed by atoms with Gasteiger partial charge in [-0.05, 0) is 31.3 Å². The predicted molar refractivity (Wildman–Crippen MR) is 79.8 cm³/mol. The number of H-pyrrole nitrogens is 1. The lowest BCUT2D eigenvalue weighted by Gasteiger charge is -2.35. The van der Waals surface area contributed by atoms with E-state index in [4.69, 9.17) is 12.2 Å². The standard InChI is InChI=1S/C13H17N5S/c1-3-17-12(14-15-13(17)19)18-9-8-16(2)10-6-4-5-7-11(10)18/h4-7H,3,8-9H2,1-2H3,(H,15,19). The van der Waals surface area contributed by atoms with E-state index in [9.17, 15) is 0 Å². The summed E-state index contributed by atoms with van der Waals surface area (Å²) in [5.74, 6) is 0.896. The van der Waals surface area contributed by atoms with Gasteiger partial charge in [0.15, 0.2) is 4.77 Å². The van der Waals surface area contributed by atoms with Crippen molar-refractivity contribution >= 4 is 29.5 Å². The second-order valence-corrected chi connectivity index (χ2v) is 5.02. The van der Waals surface area contributed by atoms with Crippen LogP contribution in [0.25, 0.3) is 0 Å². The molecule has 0 radical (unpaired) electrons. The molecule has 0 bridgehead atoms. The number of anilines is 3. The summed E-state index contributed by atoms with van der Waals surface area (Å²) in [5.41, 5.74) is 2.41. The van der Waals surface area contributed by atoms with E-state index < -0.39 is 0 Å². The largest absolute Gasteiger partial charge is 0.371 e. The van der Waals surface area contributed by atoms with E-state index in [1.54, 1.807) is 0 Å². The highest BCUT2D eigenvalue weighted by Crippen LogP contribution is 2.35. The van der Waals surface area contributed by atoms with Crippen LogP contribution in [0, 0.1) is 4.77 Å². The molecule has 0 amide bonds. The molecule has 0 fully saturated rings. The fraction of sp³-hybridized carbons (Fsp3) is 0.385. The lowest BCUT2D eigenvalue weighted by atomic mass is 10.2. The molecule has 19 heavy (non-hydrogen) atoms. The van der Waals surface area contributed by atoms with Crippen molar-refractivity contribution in [2.45, 2.75) is 13.5 Å². The van der Waals surface area contributed by atoms with Gasteiger partial charge >= 0.3 is 0 Å². The molecule has 100 valence electrons. The van der Waals surface area contributed by atoms with Crippen LogP contribution >= 0.6 is 12.2 Å². The van der Waals surface area contributed by atoms with Gasteiger partial charge in [-0.3, -0.25) is 4.57 Å². The zero-order valence-corrected chi connectivity index (χ0v) is 11.9. The van der Waals surface area contributed by atoms with Gasteiger partial charge in [0.1, 0.15) is 0 Å². The van der Waals surface area contributed by atoms with Crippen molar-refractivity contribution in [3.8, 4) is 0 Å². The van der Waals surface area contributed by atoms with Crippen LogP contribution in [-0.4, -0.2) is 34.9 Å². The molecule has 0 atom stereocenters. The first-order valence-electron chi connectivity index (χ1n) is 6.45. The number of nitrogens with one attached hydrogen (secondary N) is 1. The second-order valence-electron chi connectivity index (χ2n) is 4.63. The van der Waals surface area contributed by atoms with Crippen LogP contribution in [0.4, 0.5) is 17.3 Å². The minimum absolute atomic E-state index is 0.675. The molecule has 0 saturated heterocycles. The number of rotatable bonds is 2. The van der Waals surface area contributed by atoms with Crippen molar-refractivity contribution in [2.24, 2.45) is 0 Å². The second kappa shape index (κ2) is 4.70. The lowest BCUT2D eigenvalue weighted by molar-refractivity contribution is 0.714. The maximum absolute atomic E-state index is 5.27. The van der Waals surface area contributed by atoms with E-state index in [2.05, 4.69) is 58.2 Å². The van der Waals surface area contributed by atoms with Gasteiger partial charge in [-0.15, -0.1) is 5.10 Å². The van der Waals surface area contributed by atoms with Gasteiger partial charge in [0.2, 0.25) is 5.95 Å². The van der Waals surface area contributed by atoms with Crippen molar-refractivity contribution in [2.75, 3.05) is 29.9 Å². The Labute approximate surface area is 117 Å². The smallest absolute Gasteiger partial charge is 0.230 e. The van der Waals surface area contributed by atoms with Crippen molar-refractivity contribution in [1.29, 1.82) is 0 Å². The summed E-state index contributed by atoms with van der Waals surface area (Å²) >= 11 is 5.27. The van der Waals surface area contributed by atoms with E-state index in [1.807, 2.05) is 4.57 Å². The maximum Gasteiger partial charge on any atom is 0.230 e. The molecular weight excluding hydrogens is 258 g/mol. The van der Waals surface area contributed by atoms with Crippen molar-refractivity contribution in [1.82, 2.24) is 14.8 Å². The molecular formula is C13H17N5S. The first kappa shape index (κ1) is 12.2. The molecule has 0 aliphatic carbocycles. The summed E-state index contributed by atoms with van der Waals surface area (Å²) < 4.78 is 2.70. The summed E-state index contributed by atoms with van der Waals surface area (Å²) in [6.45, 7) is 4.78. The highest BCUT2D eigenvalue weighted by Gasteiger charge is 2.24. The lowest BCUT2D eigenvalue weighted by Crippen LogP contribution is -2.37. The third kappa shape index (κ3) is 1.92. The average Bonchev–Trinajstić information content (AvgIpc) is 2.80. The summed E-state index contributed by atoms with van der Waals surface area (Å²) in [6, 6.07) is 8.39. The molecule has 6 heteroatoms. The number of nitrogens with zero attached hydrogens (tertiary/aromatic N) is 4. The Morgan fingerprint density at radius 3 is 2.74 bits per heavy atom. The molecule has 1 aromatic carbocycles. The third-order valence-corrected chi connectivity index (χ3v) is 3.85. The van der Waals surface area contributed by atoms with Gasteiger partial charge in [0, 0.05) is 26.7 Å². The number of hydrogen-bond acceptors (Lipinski definition) is 4. The Morgan fingerprint density at radius 1 is 1.26 bits per heavy atom. The molecule has 1 N–H and O–H groups in total. The maximum atomic E-state index is 5.27. The quantitative estimate of drug-likeness (QED) is 0.855. The monoisotopic (exact) mass is 275 g/mol. The number of aromatic nitrogens is 3. The van der Waals surface area contributed by atoms with E-state index in [-0.39, 0.29) is 0 Å². The van der Waals surface area contributed by atoms with Crippen LogP contribution in [0.2, 0.25) is 0 Å². The minimum atomic E-state index is 0.675. The van der Waals surface area contributed by atoms with E-state index in [0.717, 1.165) is 25.6 Å². The third-order valence-electron chi connectivity index (χ3n) is 3.54. The molecule has 2 aromatic rings. The van der Waals surface area contributed by atoms with Crippen molar-refractivity contribution < 1.29 is 0 Å². The number of aromatic amines is 1. The Bertz CT molecular complexity index is 644. The van der Waals surface area contributed by atoms with E-state index >= 15 is 0 Å². The Morgan fingerprint density at radius 2 is 2.00 bits per heavy atom. The predicted octanol–water partition coefficient (Wildman–Crippen LogP) is 2.55. The Balaban J connectivity index is 2.12. The minimum Gasteiger partial charge on any atom is -0.371 e. The average molecular weight is 275 g/mol. The molecule has 0 unspecified atom stereocenters. The molecule has 3 rings (SSSR count). The van der Waals surface area contributed by atoms with Crippen LogP contribution in [0.1, 0.15) is 6.92 Å². The fourth-order valence-electron chi connectivity index (χ4n) is 2.51. The molecule has 1 aliphatic rings. The van der Waals surface area contributed by atoms with E-state index in [1.165, 1.54) is 11.4 Å². The highest BCUT2D eigenvalue weighted by atomic mass is 32.1. The van der Waals surface area contributed by atoms with Gasteiger partial charge in [0.05, 0.1) is 11.4 Å². The summed E-state index contributed by atoms with van der Waals surface area (Å²) in [6.07, 6.45) is 0. The number of fused-ring (bicyclic) bond motifs is 1. The molecule has 1 aliphatic heterocycles. The number of para-hydroxylation sites is 2. The van der Waals surface area contributed by atoms with Crippen LogP contribution in [0.15, 0.2) is 24.3 Å². The summed E-state index contributed by atoms with van der Waals surface area (Å²) in [7, 11) is 2.12. The normalized spacial score (nSPS) is 14.6. The zero-order valence-electron chi connectivity index (χ0n) is 11.1. The van der Waals surface area contributed by atoms with Gasteiger partial charge in [-0.1, -0.05) is 12.1 Å². The first-order chi connectivity index (χ1) is 9.22. The van der Waals surface area contributed by atoms with Gasteiger partial charge < -0.3 is 9.80 Å². The molecule has 5 nitrogen and oxygen atoms in total. The number of likely N-dealkylation sites (N-methyl/N-ethyl adjacent to an activating group) is 1. The first-order valence-corrected chi connectivity index (χ1v) is 6.86. The summed E-state index contributed by atoms with van der Waals surface area (Å²) in [4.78, 5) is 4.49. The Hall–Kier alpha value is -1.82. The topological polar surface area (TPSA) is 40.1 Å². The number of hydrogen-bond donors (Lipinski definition) is 1. The van der Waals surface area contributed by atoms with Crippen LogP contribution in [-0.2, 0) is 6.54 Å². The van der Waals surface area contributed by atoms with Crippen LogP contribution in [0.5, 0.6) is 0 Å². The van der Waals surface area contributed by atoms with Crippen LogP contribution < -0.4 is 9.80 Å².